The Morgan fingerprint density at radius 1 is 1.31 bits per heavy atom. The van der Waals surface area contributed by atoms with Gasteiger partial charge in [0, 0.05) is 31.2 Å². The van der Waals surface area contributed by atoms with Crippen molar-refractivity contribution in [3.8, 4) is 11.3 Å². The highest BCUT2D eigenvalue weighted by atomic mass is 16.5. The highest BCUT2D eigenvalue weighted by Crippen LogP contribution is 2.23. The molecule has 1 saturated heterocycles. The molecule has 134 valence electrons. The topological polar surface area (TPSA) is 91.3 Å². The number of ether oxygens (including phenoxy) is 1. The van der Waals surface area contributed by atoms with Gasteiger partial charge in [-0.05, 0) is 37.1 Å². The Balaban J connectivity index is 1.73. The van der Waals surface area contributed by atoms with Gasteiger partial charge >= 0.3 is 11.7 Å². The molecule has 1 amide bonds. The van der Waals surface area contributed by atoms with Crippen LogP contribution in [0.3, 0.4) is 0 Å². The number of imidazole rings is 1. The molecule has 1 aliphatic heterocycles. The minimum Gasteiger partial charge on any atom is -0.394 e. The van der Waals surface area contributed by atoms with Crippen LogP contribution in [0.1, 0.15) is 23.5 Å². The van der Waals surface area contributed by atoms with Crippen molar-refractivity contribution in [2.45, 2.75) is 18.4 Å². The molecule has 3 aromatic rings. The molecule has 7 nitrogen and oxygen atoms in total. The predicted molar refractivity (Wildman–Crippen MR) is 94.5 cm³/mol. The summed E-state index contributed by atoms with van der Waals surface area (Å²) in [5.74, 6) is 0.163. The maximum Gasteiger partial charge on any atom is 0.351 e. The number of aliphatic hydroxyl groups is 1. The molecule has 0 unspecified atom stereocenters. The lowest BCUT2D eigenvalue weighted by molar-refractivity contribution is -0.514. The first kappa shape index (κ1) is 16.7. The zero-order valence-corrected chi connectivity index (χ0v) is 14.3. The Kier molecular flexibility index (Phi) is 4.40. The summed E-state index contributed by atoms with van der Waals surface area (Å²) < 4.78 is 7.19. The second-order valence-electron chi connectivity index (χ2n) is 6.55. The number of nitrogens with zero attached hydrogens (tertiary/aromatic N) is 2. The van der Waals surface area contributed by atoms with Gasteiger partial charge in [-0.3, -0.25) is 9.78 Å². The minimum absolute atomic E-state index is 0.110. The molecule has 0 atom stereocenters. The first-order valence-corrected chi connectivity index (χ1v) is 8.66. The van der Waals surface area contributed by atoms with Crippen molar-refractivity contribution in [2.75, 3.05) is 19.8 Å². The Morgan fingerprint density at radius 2 is 2.15 bits per heavy atom. The molecular weight excluding hydrogens is 332 g/mol. The first-order valence-electron chi connectivity index (χ1n) is 8.66. The smallest absolute Gasteiger partial charge is 0.351 e. The van der Waals surface area contributed by atoms with Gasteiger partial charge < -0.3 is 15.2 Å². The number of fused-ring (bicyclic) bond motifs is 1. The molecular formula is C19H21N4O3+. The number of pyridine rings is 2. The number of aromatic amines is 1. The molecule has 0 saturated carbocycles. The van der Waals surface area contributed by atoms with Crippen molar-refractivity contribution < 1.29 is 19.0 Å². The molecule has 7 heteroatoms. The van der Waals surface area contributed by atoms with E-state index in [-0.39, 0.29) is 12.5 Å². The van der Waals surface area contributed by atoms with E-state index in [0.29, 0.717) is 31.9 Å². The Hall–Kier alpha value is -2.77. The number of carbonyl (C=O) groups excluding carboxylic acids is 1. The third-order valence-corrected chi connectivity index (χ3v) is 4.90. The van der Waals surface area contributed by atoms with Crippen molar-refractivity contribution >= 4 is 11.4 Å². The fourth-order valence-corrected chi connectivity index (χ4v) is 3.37. The maximum atomic E-state index is 13.0. The highest BCUT2D eigenvalue weighted by molar-refractivity contribution is 5.92. The van der Waals surface area contributed by atoms with Gasteiger partial charge in [0.05, 0.1) is 18.3 Å². The van der Waals surface area contributed by atoms with Crippen LogP contribution in [-0.2, 0) is 4.74 Å². The van der Waals surface area contributed by atoms with E-state index in [1.807, 2.05) is 40.9 Å². The first-order chi connectivity index (χ1) is 12.7. The zero-order chi connectivity index (χ0) is 18.0. The zero-order valence-electron chi connectivity index (χ0n) is 14.3. The van der Waals surface area contributed by atoms with E-state index in [1.54, 1.807) is 12.4 Å². The second-order valence-corrected chi connectivity index (χ2v) is 6.55. The molecule has 0 radical (unpaired) electrons. The molecule has 3 N–H and O–H groups in total. The number of amides is 1. The summed E-state index contributed by atoms with van der Waals surface area (Å²) >= 11 is 0. The minimum atomic E-state index is -0.642. The van der Waals surface area contributed by atoms with Crippen LogP contribution in [0.2, 0.25) is 0 Å². The van der Waals surface area contributed by atoms with E-state index < -0.39 is 5.54 Å². The Bertz CT molecular complexity index is 917. The fraction of sp³-hybridized carbons (Fsp3) is 0.316. The van der Waals surface area contributed by atoms with Gasteiger partial charge in [-0.25, -0.2) is 4.98 Å². The quantitative estimate of drug-likeness (QED) is 0.612. The maximum absolute atomic E-state index is 13.0. The molecule has 26 heavy (non-hydrogen) atoms. The van der Waals surface area contributed by atoms with E-state index in [0.717, 1.165) is 16.8 Å². The van der Waals surface area contributed by atoms with E-state index in [1.165, 1.54) is 0 Å². The number of aliphatic hydroxyl groups excluding tert-OH is 1. The lowest BCUT2D eigenvalue weighted by Gasteiger charge is -2.35. The van der Waals surface area contributed by atoms with Gasteiger partial charge in [0.1, 0.15) is 0 Å². The number of hydrogen-bond acceptors (Lipinski definition) is 4. The molecule has 0 bridgehead atoms. The van der Waals surface area contributed by atoms with Crippen LogP contribution < -0.4 is 9.72 Å². The average Bonchev–Trinajstić information content (AvgIpc) is 3.09. The highest BCUT2D eigenvalue weighted by Gasteiger charge is 2.36. The van der Waals surface area contributed by atoms with Gasteiger partial charge in [0.2, 0.25) is 0 Å². The number of hydrogen-bond donors (Lipinski definition) is 3. The summed E-state index contributed by atoms with van der Waals surface area (Å²) in [4.78, 5) is 20.4. The van der Waals surface area contributed by atoms with Gasteiger partial charge in [0.15, 0.2) is 11.2 Å². The van der Waals surface area contributed by atoms with Gasteiger partial charge in [-0.1, -0.05) is 6.07 Å². The summed E-state index contributed by atoms with van der Waals surface area (Å²) in [6.07, 6.45) is 6.50. The van der Waals surface area contributed by atoms with Crippen molar-refractivity contribution in [1.29, 1.82) is 0 Å². The van der Waals surface area contributed by atoms with Crippen molar-refractivity contribution in [1.82, 2.24) is 15.3 Å². The van der Waals surface area contributed by atoms with Crippen molar-refractivity contribution in [2.24, 2.45) is 0 Å². The van der Waals surface area contributed by atoms with E-state index in [2.05, 4.69) is 15.3 Å². The standard InChI is InChI=1S/C19H20N4O3/c24-13-19(6-10-26-11-7-19)22-18(25)17-21-16(14-4-3-8-20-12-14)15-5-1-2-9-23(15)17/h1-5,8-9,12,24H,6-7,10-11,13H2,(H,22,25)/p+1. The average molecular weight is 353 g/mol. The van der Waals surface area contributed by atoms with Crippen molar-refractivity contribution in [3.63, 3.8) is 0 Å². The number of aromatic nitrogens is 3. The van der Waals surface area contributed by atoms with Crippen LogP contribution in [-0.4, -0.2) is 46.3 Å². The van der Waals surface area contributed by atoms with Gasteiger partial charge in [0.25, 0.3) is 0 Å². The normalized spacial score (nSPS) is 16.5. The number of nitrogens with one attached hydrogen (secondary N) is 2. The molecule has 1 aliphatic rings. The van der Waals surface area contributed by atoms with E-state index >= 15 is 0 Å². The van der Waals surface area contributed by atoms with E-state index in [4.69, 9.17) is 4.74 Å². The number of rotatable bonds is 4. The Morgan fingerprint density at radius 3 is 2.88 bits per heavy atom. The summed E-state index contributed by atoms with van der Waals surface area (Å²) in [5, 5.41) is 12.9. The number of carbonyl (C=O) groups is 1. The van der Waals surface area contributed by atoms with E-state index in [9.17, 15) is 9.90 Å². The van der Waals surface area contributed by atoms with Crippen LogP contribution in [0.15, 0.2) is 48.9 Å². The van der Waals surface area contributed by atoms with Crippen LogP contribution in [0, 0.1) is 0 Å². The van der Waals surface area contributed by atoms with Gasteiger partial charge in [-0.15, -0.1) is 0 Å². The molecule has 0 spiro atoms. The molecule has 4 rings (SSSR count). The monoisotopic (exact) mass is 353 g/mol. The summed E-state index contributed by atoms with van der Waals surface area (Å²) in [6, 6.07) is 9.56. The lowest BCUT2D eigenvalue weighted by Crippen LogP contribution is -2.55. The fourth-order valence-electron chi connectivity index (χ4n) is 3.37. The van der Waals surface area contributed by atoms with Crippen LogP contribution in [0.5, 0.6) is 0 Å². The second kappa shape index (κ2) is 6.86. The van der Waals surface area contributed by atoms with Gasteiger partial charge in [-0.2, -0.15) is 4.40 Å². The molecule has 0 aromatic carbocycles. The van der Waals surface area contributed by atoms with Crippen molar-refractivity contribution in [3.05, 3.63) is 54.7 Å². The SMILES string of the molecule is O=C(NC1(CO)CCOCC1)c1[nH]c(-c2cccnc2)c2cccc[n+]12. The Labute approximate surface area is 150 Å². The summed E-state index contributed by atoms with van der Waals surface area (Å²) in [6.45, 7) is 0.946. The third kappa shape index (κ3) is 2.95. The van der Waals surface area contributed by atoms with Crippen LogP contribution >= 0.6 is 0 Å². The molecule has 3 aromatic heterocycles. The lowest BCUT2D eigenvalue weighted by atomic mass is 9.91. The number of H-pyrrole nitrogens is 1. The summed E-state index contributed by atoms with van der Waals surface area (Å²) in [5.41, 5.74) is 1.97. The molecule has 0 aliphatic carbocycles. The largest absolute Gasteiger partial charge is 0.394 e. The summed E-state index contributed by atoms with van der Waals surface area (Å²) in [7, 11) is 0. The molecule has 1 fully saturated rings. The third-order valence-electron chi connectivity index (χ3n) is 4.90. The van der Waals surface area contributed by atoms with Crippen LogP contribution in [0.25, 0.3) is 16.8 Å². The predicted octanol–water partition coefficient (Wildman–Crippen LogP) is 1.09. The van der Waals surface area contributed by atoms with Crippen LogP contribution in [0.4, 0.5) is 0 Å². The molecule has 4 heterocycles.